The second kappa shape index (κ2) is 8.48. The molecule has 0 aromatic heterocycles. The lowest BCUT2D eigenvalue weighted by Crippen LogP contribution is -2.36. The Balaban J connectivity index is 1.78. The fourth-order valence-electron chi connectivity index (χ4n) is 3.79. The number of para-hydroxylation sites is 1. The van der Waals surface area contributed by atoms with Crippen LogP contribution in [0.5, 0.6) is 17.2 Å². The fraction of sp³-hybridized carbons (Fsp3) is 0.231. The highest BCUT2D eigenvalue weighted by Gasteiger charge is 2.35. The van der Waals surface area contributed by atoms with Crippen LogP contribution >= 0.6 is 0 Å². The molecular weight excluding hydrogens is 404 g/mol. The molecule has 0 fully saturated rings. The van der Waals surface area contributed by atoms with Crippen molar-refractivity contribution in [2.75, 3.05) is 40.0 Å². The zero-order chi connectivity index (χ0) is 22.9. The van der Waals surface area contributed by atoms with Crippen LogP contribution in [-0.2, 0) is 0 Å². The van der Waals surface area contributed by atoms with Gasteiger partial charge in [0.2, 0.25) is 0 Å². The highest BCUT2D eigenvalue weighted by Crippen LogP contribution is 2.43. The molecule has 0 amide bonds. The zero-order valence-corrected chi connectivity index (χ0v) is 18.6. The normalized spacial score (nSPS) is 12.8. The summed E-state index contributed by atoms with van der Waals surface area (Å²) in [5.41, 5.74) is 7.57. The molecule has 0 aliphatic heterocycles. The van der Waals surface area contributed by atoms with Gasteiger partial charge in [-0.1, -0.05) is 42.5 Å². The van der Waals surface area contributed by atoms with Gasteiger partial charge < -0.3 is 19.7 Å². The standard InChI is InChI=1S/C26H26N2O4/c1-28(2,3)14-9-15-31-20-16-21(32-17-10-5-4-6-11-17)24(27)23-22(20)25(29)18-12-7-8-13-19(18)26(23)30/h4-8,10-13,16H,9,14-15H2,1-3H3,(H-,27,30)/p+1. The number of hydrogen-bond donors (Lipinski definition) is 1. The van der Waals surface area contributed by atoms with E-state index in [1.807, 2.05) is 18.2 Å². The lowest BCUT2D eigenvalue weighted by atomic mass is 9.82. The molecule has 32 heavy (non-hydrogen) atoms. The zero-order valence-electron chi connectivity index (χ0n) is 18.6. The molecule has 0 spiro atoms. The van der Waals surface area contributed by atoms with Gasteiger partial charge in [0.1, 0.15) is 11.5 Å². The minimum Gasteiger partial charge on any atom is -0.492 e. The van der Waals surface area contributed by atoms with E-state index in [4.69, 9.17) is 15.2 Å². The molecule has 0 radical (unpaired) electrons. The number of rotatable bonds is 7. The average Bonchev–Trinajstić information content (AvgIpc) is 2.77. The van der Waals surface area contributed by atoms with Gasteiger partial charge in [0, 0.05) is 23.6 Å². The van der Waals surface area contributed by atoms with Crippen molar-refractivity contribution in [2.24, 2.45) is 0 Å². The first-order valence-corrected chi connectivity index (χ1v) is 10.6. The number of benzene rings is 3. The van der Waals surface area contributed by atoms with E-state index in [-0.39, 0.29) is 34.1 Å². The van der Waals surface area contributed by atoms with Gasteiger partial charge in [-0.05, 0) is 12.1 Å². The molecule has 3 aromatic carbocycles. The van der Waals surface area contributed by atoms with Crippen LogP contribution in [0.25, 0.3) is 0 Å². The third kappa shape index (κ3) is 4.22. The number of ketones is 2. The maximum absolute atomic E-state index is 13.4. The highest BCUT2D eigenvalue weighted by molar-refractivity contribution is 6.31. The van der Waals surface area contributed by atoms with Crippen molar-refractivity contribution in [1.29, 1.82) is 0 Å². The van der Waals surface area contributed by atoms with Crippen LogP contribution in [0.15, 0.2) is 60.7 Å². The van der Waals surface area contributed by atoms with Crippen LogP contribution in [0.1, 0.15) is 38.3 Å². The maximum Gasteiger partial charge on any atom is 0.198 e. The van der Waals surface area contributed by atoms with E-state index >= 15 is 0 Å². The summed E-state index contributed by atoms with van der Waals surface area (Å²) in [4.78, 5) is 26.7. The van der Waals surface area contributed by atoms with Gasteiger partial charge >= 0.3 is 0 Å². The lowest BCUT2D eigenvalue weighted by Gasteiger charge is -2.25. The molecule has 0 saturated heterocycles. The van der Waals surface area contributed by atoms with Crippen molar-refractivity contribution in [3.63, 3.8) is 0 Å². The van der Waals surface area contributed by atoms with Gasteiger partial charge in [0.25, 0.3) is 0 Å². The predicted octanol–water partition coefficient (Wildman–Crippen LogP) is 4.31. The Morgan fingerprint density at radius 1 is 0.812 bits per heavy atom. The van der Waals surface area contributed by atoms with E-state index in [0.29, 0.717) is 29.2 Å². The SMILES string of the molecule is C[N+](C)(C)CCCOc1cc(Oc2ccccc2)c(N)c2c1C(=O)c1ccccc1C2=O. The number of fused-ring (bicyclic) bond motifs is 2. The maximum atomic E-state index is 13.4. The van der Waals surface area contributed by atoms with Crippen LogP contribution in [0.4, 0.5) is 5.69 Å². The minimum atomic E-state index is -0.303. The summed E-state index contributed by atoms with van der Waals surface area (Å²) in [6.07, 6.45) is 0.788. The van der Waals surface area contributed by atoms with E-state index < -0.39 is 0 Å². The van der Waals surface area contributed by atoms with E-state index in [0.717, 1.165) is 17.4 Å². The first kappa shape index (κ1) is 21.6. The molecule has 6 heteroatoms. The Morgan fingerprint density at radius 2 is 1.41 bits per heavy atom. The van der Waals surface area contributed by atoms with Crippen LogP contribution in [0.2, 0.25) is 0 Å². The molecule has 6 nitrogen and oxygen atoms in total. The molecule has 0 bridgehead atoms. The number of hydrogen-bond acceptors (Lipinski definition) is 5. The van der Waals surface area contributed by atoms with Crippen molar-refractivity contribution >= 4 is 17.3 Å². The smallest absolute Gasteiger partial charge is 0.198 e. The van der Waals surface area contributed by atoms with Gasteiger partial charge in [-0.3, -0.25) is 9.59 Å². The summed E-state index contributed by atoms with van der Waals surface area (Å²) in [6, 6.07) is 17.6. The topological polar surface area (TPSA) is 78.6 Å². The molecule has 0 heterocycles. The molecule has 4 rings (SSSR count). The number of carbonyl (C=O) groups excluding carboxylic acids is 2. The monoisotopic (exact) mass is 431 g/mol. The second-order valence-electron chi connectivity index (χ2n) is 8.87. The second-order valence-corrected chi connectivity index (χ2v) is 8.87. The van der Waals surface area contributed by atoms with E-state index in [1.54, 1.807) is 42.5 Å². The third-order valence-corrected chi connectivity index (χ3v) is 5.37. The van der Waals surface area contributed by atoms with Crippen LogP contribution in [-0.4, -0.2) is 50.3 Å². The summed E-state index contributed by atoms with van der Waals surface area (Å²) < 4.78 is 12.8. The number of carbonyl (C=O) groups is 2. The molecule has 0 unspecified atom stereocenters. The average molecular weight is 432 g/mol. The van der Waals surface area contributed by atoms with Crippen molar-refractivity contribution in [3.05, 3.63) is 82.9 Å². The summed E-state index contributed by atoms with van der Waals surface area (Å²) in [5.74, 6) is 0.605. The Morgan fingerprint density at radius 3 is 2.03 bits per heavy atom. The molecule has 0 saturated carbocycles. The quantitative estimate of drug-likeness (QED) is 0.268. The van der Waals surface area contributed by atoms with Gasteiger partial charge in [-0.25, -0.2) is 0 Å². The van der Waals surface area contributed by atoms with Crippen molar-refractivity contribution in [2.45, 2.75) is 6.42 Å². The summed E-state index contributed by atoms with van der Waals surface area (Å²) in [7, 11) is 6.32. The third-order valence-electron chi connectivity index (χ3n) is 5.37. The minimum absolute atomic E-state index is 0.135. The molecule has 3 aromatic rings. The van der Waals surface area contributed by atoms with Gasteiger partial charge in [0.05, 0.1) is 51.1 Å². The van der Waals surface area contributed by atoms with Crippen molar-refractivity contribution in [1.82, 2.24) is 0 Å². The number of nitrogens with two attached hydrogens (primary N) is 1. The lowest BCUT2D eigenvalue weighted by molar-refractivity contribution is -0.870. The van der Waals surface area contributed by atoms with Crippen LogP contribution in [0.3, 0.4) is 0 Å². The van der Waals surface area contributed by atoms with E-state index in [9.17, 15) is 9.59 Å². The van der Waals surface area contributed by atoms with E-state index in [1.165, 1.54) is 0 Å². The fourth-order valence-corrected chi connectivity index (χ4v) is 3.79. The molecule has 164 valence electrons. The number of nitrogens with zero attached hydrogens (tertiary/aromatic N) is 1. The molecule has 2 N–H and O–H groups in total. The number of ether oxygens (including phenoxy) is 2. The Hall–Kier alpha value is -3.64. The van der Waals surface area contributed by atoms with Crippen molar-refractivity contribution < 1.29 is 23.5 Å². The van der Waals surface area contributed by atoms with Gasteiger partial charge in [0.15, 0.2) is 17.3 Å². The summed E-state index contributed by atoms with van der Waals surface area (Å²) in [5, 5.41) is 0. The van der Waals surface area contributed by atoms with Crippen LogP contribution in [0, 0.1) is 0 Å². The molecule has 1 aliphatic carbocycles. The number of quaternary nitrogens is 1. The Labute approximate surface area is 187 Å². The van der Waals surface area contributed by atoms with Crippen LogP contribution < -0.4 is 15.2 Å². The highest BCUT2D eigenvalue weighted by atomic mass is 16.5. The molecular formula is C26H27N2O4+. The summed E-state index contributed by atoms with van der Waals surface area (Å²) in [6.45, 7) is 1.31. The largest absolute Gasteiger partial charge is 0.492 e. The first-order valence-electron chi connectivity index (χ1n) is 10.6. The predicted molar refractivity (Wildman–Crippen MR) is 124 cm³/mol. The Kier molecular flexibility index (Phi) is 5.72. The number of nitrogen functional groups attached to an aromatic ring is 1. The summed E-state index contributed by atoms with van der Waals surface area (Å²) >= 11 is 0. The van der Waals surface area contributed by atoms with Crippen molar-refractivity contribution in [3.8, 4) is 17.2 Å². The molecule has 0 atom stereocenters. The van der Waals surface area contributed by atoms with Gasteiger partial charge in [-0.2, -0.15) is 0 Å². The first-order chi connectivity index (χ1) is 15.3. The molecule has 1 aliphatic rings. The Bertz CT molecular complexity index is 1180. The van der Waals surface area contributed by atoms with E-state index in [2.05, 4.69) is 21.1 Å². The number of anilines is 1. The van der Waals surface area contributed by atoms with Gasteiger partial charge in [-0.15, -0.1) is 0 Å².